The van der Waals surface area contributed by atoms with Gasteiger partial charge in [0.05, 0.1) is 29.1 Å². The van der Waals surface area contributed by atoms with Crippen LogP contribution in [0.15, 0.2) is 54.6 Å². The van der Waals surface area contributed by atoms with Crippen molar-refractivity contribution in [1.82, 2.24) is 15.0 Å². The lowest BCUT2D eigenvalue weighted by Gasteiger charge is -2.12. The van der Waals surface area contributed by atoms with Gasteiger partial charge in [-0.3, -0.25) is 0 Å². The predicted octanol–water partition coefficient (Wildman–Crippen LogP) is 5.55. The van der Waals surface area contributed by atoms with Gasteiger partial charge in [-0.25, -0.2) is 9.97 Å². The van der Waals surface area contributed by atoms with Gasteiger partial charge in [-0.1, -0.05) is 19.1 Å². The van der Waals surface area contributed by atoms with Crippen LogP contribution < -0.4 is 16.8 Å². The summed E-state index contributed by atoms with van der Waals surface area (Å²) in [4.78, 5) is 12.9. The highest BCUT2D eigenvalue weighted by atomic mass is 19.4. The van der Waals surface area contributed by atoms with E-state index in [0.717, 1.165) is 18.6 Å². The van der Waals surface area contributed by atoms with Crippen molar-refractivity contribution in [2.24, 2.45) is 0 Å². The molecule has 0 radical (unpaired) electrons. The fourth-order valence-electron chi connectivity index (χ4n) is 3.46. The lowest BCUT2D eigenvalue weighted by Crippen LogP contribution is -2.05. The number of rotatable bonds is 7. The van der Waals surface area contributed by atoms with Crippen molar-refractivity contribution in [1.29, 1.82) is 0 Å². The maximum Gasteiger partial charge on any atom is 0.416 e. The van der Waals surface area contributed by atoms with Crippen LogP contribution in [0.2, 0.25) is 0 Å². The molecule has 34 heavy (non-hydrogen) atoms. The summed E-state index contributed by atoms with van der Waals surface area (Å²) >= 11 is 0. The highest BCUT2D eigenvalue weighted by Crippen LogP contribution is 2.34. The fourth-order valence-corrected chi connectivity index (χ4v) is 3.46. The molecule has 0 fully saturated rings. The van der Waals surface area contributed by atoms with Crippen LogP contribution in [0.4, 0.5) is 36.3 Å². The Bertz CT molecular complexity index is 1330. The van der Waals surface area contributed by atoms with E-state index >= 15 is 0 Å². The standard InChI is InChI=1S/C24H23F3N6O/c1-2-8-34-13-17-11-22(33-23(29)31-17)30-16-6-7-20-18(10-16)19(28)12-21(32-20)14-4-3-5-15(9-14)24(25,26)27/h3-7,9-12H,2,8,13H2,1H3,(H2,28,32)(H3,29,30,31,33). The summed E-state index contributed by atoms with van der Waals surface area (Å²) in [6.07, 6.45) is -3.54. The van der Waals surface area contributed by atoms with E-state index < -0.39 is 11.7 Å². The molecule has 0 spiro atoms. The Morgan fingerprint density at radius 1 is 0.971 bits per heavy atom. The van der Waals surface area contributed by atoms with Crippen molar-refractivity contribution in [2.45, 2.75) is 26.1 Å². The monoisotopic (exact) mass is 468 g/mol. The summed E-state index contributed by atoms with van der Waals surface area (Å²) in [5, 5.41) is 3.82. The molecule has 4 rings (SSSR count). The highest BCUT2D eigenvalue weighted by molar-refractivity contribution is 5.95. The first-order valence-electron chi connectivity index (χ1n) is 10.6. The number of hydrogen-bond donors (Lipinski definition) is 3. The smallest absolute Gasteiger partial charge is 0.398 e. The summed E-state index contributed by atoms with van der Waals surface area (Å²) in [7, 11) is 0. The molecular formula is C24H23F3N6O. The van der Waals surface area contributed by atoms with Crippen molar-refractivity contribution in [2.75, 3.05) is 23.4 Å². The van der Waals surface area contributed by atoms with Crippen molar-refractivity contribution >= 4 is 34.0 Å². The van der Waals surface area contributed by atoms with Crippen LogP contribution in [0.25, 0.3) is 22.2 Å². The lowest BCUT2D eigenvalue weighted by molar-refractivity contribution is -0.137. The first kappa shape index (κ1) is 23.2. The zero-order valence-electron chi connectivity index (χ0n) is 18.4. The molecule has 0 aliphatic heterocycles. The summed E-state index contributed by atoms with van der Waals surface area (Å²) in [6.45, 7) is 2.96. The van der Waals surface area contributed by atoms with Crippen molar-refractivity contribution in [3.05, 3.63) is 65.9 Å². The highest BCUT2D eigenvalue weighted by Gasteiger charge is 2.30. The minimum Gasteiger partial charge on any atom is -0.398 e. The summed E-state index contributed by atoms with van der Waals surface area (Å²) in [5.74, 6) is 0.613. The minimum atomic E-state index is -4.44. The van der Waals surface area contributed by atoms with E-state index in [1.54, 1.807) is 36.4 Å². The van der Waals surface area contributed by atoms with Gasteiger partial charge < -0.3 is 21.5 Å². The zero-order valence-corrected chi connectivity index (χ0v) is 18.4. The topological polar surface area (TPSA) is 112 Å². The third kappa shape index (κ3) is 5.34. The average molecular weight is 468 g/mol. The molecule has 0 saturated carbocycles. The van der Waals surface area contributed by atoms with E-state index in [1.165, 1.54) is 6.07 Å². The van der Waals surface area contributed by atoms with Crippen LogP contribution in [0.1, 0.15) is 24.6 Å². The summed E-state index contributed by atoms with van der Waals surface area (Å²) in [6, 6.07) is 13.6. The molecule has 0 bridgehead atoms. The number of aromatic nitrogens is 3. The summed E-state index contributed by atoms with van der Waals surface area (Å²) in [5.41, 5.74) is 14.3. The maximum absolute atomic E-state index is 13.1. The number of nitrogen functional groups attached to an aromatic ring is 2. The Morgan fingerprint density at radius 2 is 1.79 bits per heavy atom. The number of fused-ring (bicyclic) bond motifs is 1. The number of anilines is 4. The van der Waals surface area contributed by atoms with Crippen molar-refractivity contribution in [3.63, 3.8) is 0 Å². The van der Waals surface area contributed by atoms with E-state index in [2.05, 4.69) is 20.3 Å². The molecule has 176 valence electrons. The molecular weight excluding hydrogens is 445 g/mol. The van der Waals surface area contributed by atoms with Gasteiger partial charge in [-0.05, 0) is 42.8 Å². The number of ether oxygens (including phenoxy) is 1. The average Bonchev–Trinajstić information content (AvgIpc) is 2.79. The Balaban J connectivity index is 1.62. The van der Waals surface area contributed by atoms with Gasteiger partial charge in [0.25, 0.3) is 0 Å². The van der Waals surface area contributed by atoms with Crippen molar-refractivity contribution in [3.8, 4) is 11.3 Å². The van der Waals surface area contributed by atoms with E-state index in [9.17, 15) is 13.2 Å². The Labute approximate surface area is 194 Å². The van der Waals surface area contributed by atoms with Gasteiger partial charge >= 0.3 is 6.18 Å². The molecule has 0 amide bonds. The Kier molecular flexibility index (Phi) is 6.51. The molecule has 0 aliphatic rings. The van der Waals surface area contributed by atoms with Crippen LogP contribution in [0.5, 0.6) is 0 Å². The van der Waals surface area contributed by atoms with E-state index in [0.29, 0.717) is 58.3 Å². The zero-order chi connectivity index (χ0) is 24.3. The predicted molar refractivity (Wildman–Crippen MR) is 126 cm³/mol. The molecule has 2 aromatic carbocycles. The second-order valence-corrected chi connectivity index (χ2v) is 7.69. The van der Waals surface area contributed by atoms with E-state index in [1.807, 2.05) is 6.92 Å². The first-order valence-corrected chi connectivity index (χ1v) is 10.6. The van der Waals surface area contributed by atoms with Crippen LogP contribution in [-0.2, 0) is 17.5 Å². The molecule has 0 atom stereocenters. The van der Waals surface area contributed by atoms with Crippen LogP contribution in [0.3, 0.4) is 0 Å². The Morgan fingerprint density at radius 3 is 2.56 bits per heavy atom. The number of nitrogens with two attached hydrogens (primary N) is 2. The van der Waals surface area contributed by atoms with Gasteiger partial charge in [-0.2, -0.15) is 18.2 Å². The molecule has 0 unspecified atom stereocenters. The second-order valence-electron chi connectivity index (χ2n) is 7.69. The number of halogens is 3. The van der Waals surface area contributed by atoms with Gasteiger partial charge in [0.15, 0.2) is 0 Å². The maximum atomic E-state index is 13.1. The van der Waals surface area contributed by atoms with E-state index in [4.69, 9.17) is 16.2 Å². The third-order valence-electron chi connectivity index (χ3n) is 4.99. The molecule has 10 heteroatoms. The second kappa shape index (κ2) is 9.52. The van der Waals surface area contributed by atoms with Gasteiger partial charge in [0.1, 0.15) is 5.82 Å². The van der Waals surface area contributed by atoms with Gasteiger partial charge in [0, 0.05) is 35.0 Å². The number of nitrogens with one attached hydrogen (secondary N) is 1. The molecule has 0 aliphatic carbocycles. The number of nitrogens with zero attached hydrogens (tertiary/aromatic N) is 3. The van der Waals surface area contributed by atoms with Gasteiger partial charge in [0.2, 0.25) is 5.95 Å². The normalized spacial score (nSPS) is 11.6. The Hall–Kier alpha value is -3.92. The number of alkyl halides is 3. The van der Waals surface area contributed by atoms with E-state index in [-0.39, 0.29) is 5.95 Å². The van der Waals surface area contributed by atoms with Crippen LogP contribution in [-0.4, -0.2) is 21.6 Å². The third-order valence-corrected chi connectivity index (χ3v) is 4.99. The van der Waals surface area contributed by atoms with Crippen LogP contribution >= 0.6 is 0 Å². The quantitative estimate of drug-likeness (QED) is 0.305. The molecule has 2 aromatic heterocycles. The molecule has 0 saturated heterocycles. The number of hydrogen-bond acceptors (Lipinski definition) is 7. The molecule has 4 aromatic rings. The molecule has 2 heterocycles. The minimum absolute atomic E-state index is 0.118. The largest absolute Gasteiger partial charge is 0.416 e. The van der Waals surface area contributed by atoms with Crippen LogP contribution in [0, 0.1) is 0 Å². The molecule has 7 nitrogen and oxygen atoms in total. The number of pyridine rings is 1. The fraction of sp³-hybridized carbons (Fsp3) is 0.208. The lowest BCUT2D eigenvalue weighted by atomic mass is 10.0. The van der Waals surface area contributed by atoms with Gasteiger partial charge in [-0.15, -0.1) is 0 Å². The molecule has 5 N–H and O–H groups in total. The SMILES string of the molecule is CCCOCc1cc(Nc2ccc3nc(-c4cccc(C(F)(F)F)c4)cc(N)c3c2)nc(N)n1. The summed E-state index contributed by atoms with van der Waals surface area (Å²) < 4.78 is 44.8. The number of benzene rings is 2. The first-order chi connectivity index (χ1) is 16.2. The van der Waals surface area contributed by atoms with Crippen molar-refractivity contribution < 1.29 is 17.9 Å².